The lowest BCUT2D eigenvalue weighted by molar-refractivity contribution is 0.222. The van der Waals surface area contributed by atoms with Crippen LogP contribution >= 0.6 is 0 Å². The molecule has 122 valence electrons. The maximum Gasteiger partial charge on any atom is 0.321 e. The summed E-state index contributed by atoms with van der Waals surface area (Å²) in [5.41, 5.74) is 1.23. The minimum Gasteiger partial charge on any atom is -0.325 e. The van der Waals surface area contributed by atoms with Crippen LogP contribution in [0.1, 0.15) is 12.8 Å². The number of urea groups is 1. The molecule has 2 aromatic heterocycles. The van der Waals surface area contributed by atoms with E-state index in [1.165, 1.54) is 23.0 Å². The van der Waals surface area contributed by atoms with Gasteiger partial charge in [-0.2, -0.15) is 5.10 Å². The van der Waals surface area contributed by atoms with Gasteiger partial charge < -0.3 is 10.2 Å². The molecule has 3 heterocycles. The first kappa shape index (κ1) is 14.6. The summed E-state index contributed by atoms with van der Waals surface area (Å²) in [5, 5.41) is 6.88. The quantitative estimate of drug-likeness (QED) is 0.785. The normalized spacial score (nSPS) is 14.3. The number of nitrogens with one attached hydrogen (secondary N) is 1. The van der Waals surface area contributed by atoms with Crippen molar-refractivity contribution in [2.24, 2.45) is 0 Å². The fraction of sp³-hybridized carbons (Fsp3) is 0.250. The molecule has 1 N–H and O–H groups in total. The monoisotopic (exact) mass is 326 g/mol. The number of nitrogens with zero attached hydrogens (tertiary/aromatic N) is 5. The third kappa shape index (κ3) is 2.66. The third-order valence-corrected chi connectivity index (χ3v) is 4.00. The molecule has 0 atom stereocenters. The molecule has 2 amide bonds. The second-order valence-electron chi connectivity index (χ2n) is 5.63. The lowest BCUT2D eigenvalue weighted by atomic mass is 10.1. The maximum absolute atomic E-state index is 14.2. The van der Waals surface area contributed by atoms with E-state index in [-0.39, 0.29) is 6.03 Å². The number of anilines is 1. The molecule has 1 aliphatic heterocycles. The molecule has 7 nitrogen and oxygen atoms in total. The average Bonchev–Trinajstić information content (AvgIpc) is 3.25. The third-order valence-electron chi connectivity index (χ3n) is 4.00. The van der Waals surface area contributed by atoms with Crippen molar-refractivity contribution in [2.45, 2.75) is 12.8 Å². The Morgan fingerprint density at radius 3 is 2.83 bits per heavy atom. The van der Waals surface area contributed by atoms with Crippen molar-refractivity contribution in [1.82, 2.24) is 24.5 Å². The first-order valence-corrected chi connectivity index (χ1v) is 7.73. The molecule has 0 saturated carbocycles. The number of benzene rings is 1. The first-order chi connectivity index (χ1) is 11.7. The maximum atomic E-state index is 14.2. The molecule has 0 spiro atoms. The standard InChI is InChI=1S/C16H15FN6O/c17-13-4-3-11(20-16(24)22-7-1-2-8-22)9-12(13)14-10-23-15(21-14)18-5-6-19-23/h3-6,9-10H,1-2,7-8H2,(H,20,24). The highest BCUT2D eigenvalue weighted by Gasteiger charge is 2.18. The number of rotatable bonds is 2. The van der Waals surface area contributed by atoms with E-state index in [9.17, 15) is 9.18 Å². The number of aromatic nitrogens is 4. The number of halogens is 1. The molecule has 8 heteroatoms. The van der Waals surface area contributed by atoms with Gasteiger partial charge in [0.2, 0.25) is 0 Å². The Labute approximate surface area is 137 Å². The molecule has 0 radical (unpaired) electrons. The number of hydrogen-bond acceptors (Lipinski definition) is 4. The Kier molecular flexibility index (Phi) is 3.56. The summed E-state index contributed by atoms with van der Waals surface area (Å²) >= 11 is 0. The highest BCUT2D eigenvalue weighted by molar-refractivity contribution is 5.90. The molecule has 1 aliphatic rings. The van der Waals surface area contributed by atoms with Crippen LogP contribution in [0, 0.1) is 5.82 Å². The number of hydrogen-bond donors (Lipinski definition) is 1. The summed E-state index contributed by atoms with van der Waals surface area (Å²) in [6.45, 7) is 1.51. The topological polar surface area (TPSA) is 75.4 Å². The Balaban J connectivity index is 1.64. The van der Waals surface area contributed by atoms with Crippen molar-refractivity contribution in [3.63, 3.8) is 0 Å². The number of imidazole rings is 1. The fourth-order valence-electron chi connectivity index (χ4n) is 2.79. The minimum atomic E-state index is -0.419. The lowest BCUT2D eigenvalue weighted by Crippen LogP contribution is -2.32. The Bertz CT molecular complexity index is 869. The van der Waals surface area contributed by atoms with E-state index < -0.39 is 5.82 Å². The van der Waals surface area contributed by atoms with Crippen LogP contribution in [0.4, 0.5) is 14.9 Å². The van der Waals surface area contributed by atoms with Crippen LogP contribution in [0.5, 0.6) is 0 Å². The predicted molar refractivity (Wildman–Crippen MR) is 86.0 cm³/mol. The molecule has 24 heavy (non-hydrogen) atoms. The minimum absolute atomic E-state index is 0.164. The SMILES string of the molecule is O=C(Nc1ccc(F)c(-c2cn3nccnc3n2)c1)N1CCCC1. The average molecular weight is 326 g/mol. The molecule has 1 aromatic carbocycles. The van der Waals surface area contributed by atoms with Crippen molar-refractivity contribution in [3.05, 3.63) is 42.6 Å². The van der Waals surface area contributed by atoms with E-state index in [2.05, 4.69) is 20.4 Å². The van der Waals surface area contributed by atoms with Crippen molar-refractivity contribution in [1.29, 1.82) is 0 Å². The molecule has 1 saturated heterocycles. The van der Waals surface area contributed by atoms with Crippen molar-refractivity contribution in [2.75, 3.05) is 18.4 Å². The molecular weight excluding hydrogens is 311 g/mol. The summed E-state index contributed by atoms with van der Waals surface area (Å²) in [6, 6.07) is 4.27. The van der Waals surface area contributed by atoms with Crippen LogP contribution in [0.15, 0.2) is 36.8 Å². The van der Waals surface area contributed by atoms with Gasteiger partial charge >= 0.3 is 6.03 Å². The van der Waals surface area contributed by atoms with Crippen molar-refractivity contribution < 1.29 is 9.18 Å². The second kappa shape index (κ2) is 5.88. The van der Waals surface area contributed by atoms with Crippen molar-refractivity contribution in [3.8, 4) is 11.3 Å². The molecular formula is C16H15FN6O. The smallest absolute Gasteiger partial charge is 0.321 e. The van der Waals surface area contributed by atoms with E-state index in [4.69, 9.17) is 0 Å². The first-order valence-electron chi connectivity index (χ1n) is 7.73. The van der Waals surface area contributed by atoms with Gasteiger partial charge in [0.05, 0.1) is 24.3 Å². The van der Waals surface area contributed by atoms with E-state index in [1.807, 2.05) is 0 Å². The van der Waals surface area contributed by atoms with Gasteiger partial charge in [0, 0.05) is 24.3 Å². The Morgan fingerprint density at radius 2 is 2.04 bits per heavy atom. The number of amides is 2. The van der Waals surface area contributed by atoms with E-state index >= 15 is 0 Å². The summed E-state index contributed by atoms with van der Waals surface area (Å²) in [4.78, 5) is 22.3. The zero-order valence-electron chi connectivity index (χ0n) is 12.8. The summed E-state index contributed by atoms with van der Waals surface area (Å²) in [7, 11) is 0. The van der Waals surface area contributed by atoms with E-state index in [0.29, 0.717) is 22.7 Å². The van der Waals surface area contributed by atoms with Gasteiger partial charge in [-0.05, 0) is 31.0 Å². The summed E-state index contributed by atoms with van der Waals surface area (Å²) < 4.78 is 15.7. The van der Waals surface area contributed by atoms with Crippen LogP contribution < -0.4 is 5.32 Å². The highest BCUT2D eigenvalue weighted by atomic mass is 19.1. The largest absolute Gasteiger partial charge is 0.325 e. The molecule has 1 fully saturated rings. The van der Waals surface area contributed by atoms with Crippen LogP contribution in [0.3, 0.4) is 0 Å². The molecule has 3 aromatic rings. The number of likely N-dealkylation sites (tertiary alicyclic amines) is 1. The number of fused-ring (bicyclic) bond motifs is 1. The van der Waals surface area contributed by atoms with Gasteiger partial charge in [-0.15, -0.1) is 0 Å². The fourth-order valence-corrected chi connectivity index (χ4v) is 2.79. The zero-order valence-corrected chi connectivity index (χ0v) is 12.8. The van der Waals surface area contributed by atoms with Crippen molar-refractivity contribution >= 4 is 17.5 Å². The van der Waals surface area contributed by atoms with Gasteiger partial charge in [0.15, 0.2) is 0 Å². The summed E-state index contributed by atoms with van der Waals surface area (Å²) in [6.07, 6.45) is 6.69. The predicted octanol–water partition coefficient (Wildman–Crippen LogP) is 2.56. The van der Waals surface area contributed by atoms with Gasteiger partial charge in [0.1, 0.15) is 5.82 Å². The van der Waals surface area contributed by atoms with Crippen LogP contribution in [0.25, 0.3) is 17.0 Å². The number of carbonyl (C=O) groups is 1. The molecule has 4 rings (SSSR count). The molecule has 0 aliphatic carbocycles. The Hall–Kier alpha value is -3.03. The second-order valence-corrected chi connectivity index (χ2v) is 5.63. The Morgan fingerprint density at radius 1 is 1.21 bits per heavy atom. The highest BCUT2D eigenvalue weighted by Crippen LogP contribution is 2.25. The van der Waals surface area contributed by atoms with Gasteiger partial charge in [-0.1, -0.05) is 0 Å². The van der Waals surface area contributed by atoms with Crippen LogP contribution in [-0.4, -0.2) is 43.6 Å². The molecule has 0 unspecified atom stereocenters. The van der Waals surface area contributed by atoms with Gasteiger partial charge in [-0.3, -0.25) is 0 Å². The summed E-state index contributed by atoms with van der Waals surface area (Å²) in [5.74, 6) is -0.0315. The van der Waals surface area contributed by atoms with Gasteiger partial charge in [-0.25, -0.2) is 23.7 Å². The lowest BCUT2D eigenvalue weighted by Gasteiger charge is -2.16. The zero-order chi connectivity index (χ0) is 16.5. The van der Waals surface area contributed by atoms with E-state index in [0.717, 1.165) is 25.9 Å². The van der Waals surface area contributed by atoms with E-state index in [1.54, 1.807) is 23.2 Å². The molecule has 0 bridgehead atoms. The van der Waals surface area contributed by atoms with Crippen LogP contribution in [-0.2, 0) is 0 Å². The van der Waals surface area contributed by atoms with Gasteiger partial charge in [0.25, 0.3) is 5.78 Å². The van der Waals surface area contributed by atoms with Crippen LogP contribution in [0.2, 0.25) is 0 Å². The number of carbonyl (C=O) groups excluding carboxylic acids is 1.